The summed E-state index contributed by atoms with van der Waals surface area (Å²) in [4.78, 5) is 0. The van der Waals surface area contributed by atoms with Crippen molar-refractivity contribution in [2.45, 2.75) is 38.2 Å². The second-order valence-electron chi connectivity index (χ2n) is 6.62. The summed E-state index contributed by atoms with van der Waals surface area (Å²) in [6.45, 7) is 0. The molecule has 18 heavy (non-hydrogen) atoms. The molecule has 1 aromatic heterocycles. The van der Waals surface area contributed by atoms with Gasteiger partial charge >= 0.3 is 0 Å². The monoisotopic (exact) mass is 246 g/mol. The van der Waals surface area contributed by atoms with Gasteiger partial charge in [0.05, 0.1) is 6.10 Å². The molecule has 1 N–H and O–H groups in total. The maximum absolute atomic E-state index is 10.4. The molecule has 98 valence electrons. The summed E-state index contributed by atoms with van der Waals surface area (Å²) >= 11 is 0. The minimum atomic E-state index is -0.0710. The lowest BCUT2D eigenvalue weighted by Crippen LogP contribution is -2.17. The smallest absolute Gasteiger partial charge is 0.0577 e. The first kappa shape index (κ1) is 11.0. The summed E-state index contributed by atoms with van der Waals surface area (Å²) in [5, 5.41) is 14.6. The van der Waals surface area contributed by atoms with Gasteiger partial charge in [-0.25, -0.2) is 0 Å². The maximum Gasteiger partial charge on any atom is 0.0577 e. The van der Waals surface area contributed by atoms with Crippen molar-refractivity contribution in [1.29, 1.82) is 0 Å². The van der Waals surface area contributed by atoms with Crippen LogP contribution in [0.4, 0.5) is 0 Å². The van der Waals surface area contributed by atoms with Crippen molar-refractivity contribution < 1.29 is 5.11 Å². The standard InChI is InChI=1S/C15H22N2O/c1-17-11(6-7-16-17)4-5-12(18)15-13-9-2-3-10(8-9)14(13)15/h6-7,9-10,12-15,18H,2-5,8H2,1H3. The molecule has 3 nitrogen and oxygen atoms in total. The van der Waals surface area contributed by atoms with Crippen LogP contribution in [-0.2, 0) is 13.5 Å². The van der Waals surface area contributed by atoms with Crippen molar-refractivity contribution in [3.05, 3.63) is 18.0 Å². The Labute approximate surface area is 108 Å². The highest BCUT2D eigenvalue weighted by atomic mass is 16.3. The molecular formula is C15H22N2O. The third-order valence-electron chi connectivity index (χ3n) is 5.86. The van der Waals surface area contributed by atoms with Gasteiger partial charge in [0, 0.05) is 18.9 Å². The van der Waals surface area contributed by atoms with E-state index in [0.717, 1.165) is 36.5 Å². The number of rotatable bonds is 4. The summed E-state index contributed by atoms with van der Waals surface area (Å²) < 4.78 is 1.92. The number of aliphatic hydroxyl groups excluding tert-OH is 1. The van der Waals surface area contributed by atoms with Crippen LogP contribution >= 0.6 is 0 Å². The van der Waals surface area contributed by atoms with Gasteiger partial charge in [-0.05, 0) is 67.8 Å². The number of aliphatic hydroxyl groups is 1. The zero-order valence-corrected chi connectivity index (χ0v) is 11.0. The minimum Gasteiger partial charge on any atom is -0.393 e. The van der Waals surface area contributed by atoms with E-state index in [1.165, 1.54) is 25.0 Å². The van der Waals surface area contributed by atoms with Crippen molar-refractivity contribution in [3.63, 3.8) is 0 Å². The topological polar surface area (TPSA) is 38.0 Å². The lowest BCUT2D eigenvalue weighted by Gasteiger charge is -2.15. The molecule has 2 bridgehead atoms. The first-order chi connectivity index (χ1) is 8.75. The zero-order chi connectivity index (χ0) is 12.3. The Morgan fingerprint density at radius 2 is 2.11 bits per heavy atom. The molecule has 0 radical (unpaired) electrons. The van der Waals surface area contributed by atoms with Crippen molar-refractivity contribution in [1.82, 2.24) is 9.78 Å². The van der Waals surface area contributed by atoms with E-state index in [4.69, 9.17) is 0 Å². The maximum atomic E-state index is 10.4. The molecule has 3 saturated carbocycles. The third kappa shape index (κ3) is 1.49. The average Bonchev–Trinajstić information content (AvgIpc) is 2.69. The molecule has 4 rings (SSSR count). The predicted molar refractivity (Wildman–Crippen MR) is 68.8 cm³/mol. The van der Waals surface area contributed by atoms with Crippen LogP contribution in [-0.4, -0.2) is 21.0 Å². The molecule has 5 unspecified atom stereocenters. The van der Waals surface area contributed by atoms with Crippen LogP contribution in [0, 0.1) is 29.6 Å². The lowest BCUT2D eigenvalue weighted by atomic mass is 9.96. The van der Waals surface area contributed by atoms with Crippen LogP contribution in [0.25, 0.3) is 0 Å². The van der Waals surface area contributed by atoms with Crippen LogP contribution in [0.3, 0.4) is 0 Å². The van der Waals surface area contributed by atoms with Gasteiger partial charge in [-0.1, -0.05) is 0 Å². The van der Waals surface area contributed by atoms with Crippen molar-refractivity contribution in [2.75, 3.05) is 0 Å². The van der Waals surface area contributed by atoms with Crippen LogP contribution in [0.1, 0.15) is 31.4 Å². The molecule has 0 saturated heterocycles. The van der Waals surface area contributed by atoms with E-state index in [1.807, 2.05) is 17.9 Å². The van der Waals surface area contributed by atoms with Gasteiger partial charge in [0.1, 0.15) is 0 Å². The molecule has 0 aromatic carbocycles. The Morgan fingerprint density at radius 3 is 2.72 bits per heavy atom. The molecule has 5 atom stereocenters. The van der Waals surface area contributed by atoms with E-state index in [-0.39, 0.29) is 6.10 Å². The number of fused-ring (bicyclic) bond motifs is 5. The number of nitrogens with zero attached hydrogens (tertiary/aromatic N) is 2. The van der Waals surface area contributed by atoms with E-state index in [1.54, 1.807) is 0 Å². The normalized spacial score (nSPS) is 42.0. The quantitative estimate of drug-likeness (QED) is 0.882. The van der Waals surface area contributed by atoms with E-state index < -0.39 is 0 Å². The van der Waals surface area contributed by atoms with Crippen LogP contribution in [0.5, 0.6) is 0 Å². The summed E-state index contributed by atoms with van der Waals surface area (Å²) in [5.74, 6) is 4.37. The van der Waals surface area contributed by atoms with E-state index in [0.29, 0.717) is 5.92 Å². The first-order valence-electron chi connectivity index (χ1n) is 7.40. The Kier molecular flexibility index (Phi) is 2.35. The van der Waals surface area contributed by atoms with Gasteiger partial charge in [0.15, 0.2) is 0 Å². The van der Waals surface area contributed by atoms with Crippen molar-refractivity contribution >= 4 is 0 Å². The minimum absolute atomic E-state index is 0.0710. The van der Waals surface area contributed by atoms with Crippen LogP contribution in [0.15, 0.2) is 12.3 Å². The summed E-state index contributed by atoms with van der Waals surface area (Å²) in [6.07, 6.45) is 8.00. The molecule has 0 aliphatic heterocycles. The highest BCUT2D eigenvalue weighted by molar-refractivity contribution is 5.15. The lowest BCUT2D eigenvalue weighted by molar-refractivity contribution is 0.119. The highest BCUT2D eigenvalue weighted by Gasteiger charge is 2.66. The Morgan fingerprint density at radius 1 is 1.39 bits per heavy atom. The average molecular weight is 246 g/mol. The van der Waals surface area contributed by atoms with Gasteiger partial charge in [-0.15, -0.1) is 0 Å². The summed E-state index contributed by atoms with van der Waals surface area (Å²) in [6, 6.07) is 2.06. The molecular weight excluding hydrogens is 224 g/mol. The van der Waals surface area contributed by atoms with Gasteiger partial charge in [-0.3, -0.25) is 4.68 Å². The largest absolute Gasteiger partial charge is 0.393 e. The second-order valence-corrected chi connectivity index (χ2v) is 6.62. The molecule has 3 fully saturated rings. The molecule has 0 spiro atoms. The fourth-order valence-electron chi connectivity index (χ4n) is 5.04. The molecule has 1 aromatic rings. The SMILES string of the molecule is Cn1nccc1CCC(O)C1C2C3CCC(C3)C12. The van der Waals surface area contributed by atoms with Crippen LogP contribution < -0.4 is 0 Å². The third-order valence-corrected chi connectivity index (χ3v) is 5.86. The van der Waals surface area contributed by atoms with Gasteiger partial charge in [0.2, 0.25) is 0 Å². The van der Waals surface area contributed by atoms with E-state index >= 15 is 0 Å². The molecule has 3 aliphatic rings. The second kappa shape index (κ2) is 3.83. The Hall–Kier alpha value is -0.830. The molecule has 3 heteroatoms. The molecule has 3 aliphatic carbocycles. The fourth-order valence-corrected chi connectivity index (χ4v) is 5.04. The van der Waals surface area contributed by atoms with E-state index in [2.05, 4.69) is 11.2 Å². The molecule has 0 amide bonds. The number of aromatic nitrogens is 2. The Balaban J connectivity index is 1.36. The number of hydrogen-bond donors (Lipinski definition) is 1. The summed E-state index contributed by atoms with van der Waals surface area (Å²) in [5.41, 5.74) is 1.24. The van der Waals surface area contributed by atoms with Gasteiger partial charge in [-0.2, -0.15) is 5.10 Å². The predicted octanol–water partition coefficient (Wildman–Crippen LogP) is 2.01. The highest BCUT2D eigenvalue weighted by Crippen LogP contribution is 2.70. The fraction of sp³-hybridized carbons (Fsp3) is 0.800. The first-order valence-corrected chi connectivity index (χ1v) is 7.40. The van der Waals surface area contributed by atoms with Crippen molar-refractivity contribution in [2.24, 2.45) is 36.6 Å². The summed E-state index contributed by atoms with van der Waals surface area (Å²) in [7, 11) is 1.98. The van der Waals surface area contributed by atoms with Crippen LogP contribution in [0.2, 0.25) is 0 Å². The molecule has 1 heterocycles. The Bertz CT molecular complexity index is 439. The number of aryl methyl sites for hydroxylation is 2. The van der Waals surface area contributed by atoms with Gasteiger partial charge in [0.25, 0.3) is 0 Å². The van der Waals surface area contributed by atoms with Gasteiger partial charge < -0.3 is 5.11 Å². The zero-order valence-electron chi connectivity index (χ0n) is 11.0. The number of hydrogen-bond acceptors (Lipinski definition) is 2. The van der Waals surface area contributed by atoms with Crippen molar-refractivity contribution in [3.8, 4) is 0 Å². The van der Waals surface area contributed by atoms with E-state index in [9.17, 15) is 5.11 Å².